The molecule has 0 saturated carbocycles. The van der Waals surface area contributed by atoms with Crippen molar-refractivity contribution in [1.82, 2.24) is 13.9 Å². The number of allylic oxidation sites excluding steroid dienone is 2. The van der Waals surface area contributed by atoms with E-state index in [2.05, 4.69) is 0 Å². The van der Waals surface area contributed by atoms with Crippen molar-refractivity contribution >= 4 is 23.2 Å². The molecule has 0 radical (unpaired) electrons. The van der Waals surface area contributed by atoms with E-state index in [-0.39, 0.29) is 23.5 Å². The number of hydrogen-bond acceptors (Lipinski definition) is 2. The maximum absolute atomic E-state index is 12.5. The summed E-state index contributed by atoms with van der Waals surface area (Å²) >= 11 is 11.8. The molecule has 0 fully saturated rings. The van der Waals surface area contributed by atoms with Gasteiger partial charge in [0, 0.05) is 0 Å². The van der Waals surface area contributed by atoms with Crippen LogP contribution in [-0.4, -0.2) is 13.9 Å². The zero-order chi connectivity index (χ0) is 14.0. The van der Waals surface area contributed by atoms with Crippen molar-refractivity contribution in [2.45, 2.75) is 18.5 Å². The Hall–Kier alpha value is -1.72. The Morgan fingerprint density at radius 3 is 2.10 bits per heavy atom. The Balaban J connectivity index is 2.00. The number of hydrogen-bond donors (Lipinski definition) is 0. The SMILES string of the molecule is O=c1n(-c2ccc(Cl)c(Cl)c2)c(=O)n2n1C1C=CC2C1. The molecule has 5 nitrogen and oxygen atoms in total. The van der Waals surface area contributed by atoms with Crippen LogP contribution in [0.15, 0.2) is 39.9 Å². The van der Waals surface area contributed by atoms with Gasteiger partial charge in [-0.1, -0.05) is 35.4 Å². The first kappa shape index (κ1) is 12.1. The molecule has 102 valence electrons. The van der Waals surface area contributed by atoms with Crippen LogP contribution in [-0.2, 0) is 0 Å². The average molecular weight is 310 g/mol. The minimum Gasteiger partial charge on any atom is -0.245 e. The van der Waals surface area contributed by atoms with Crippen LogP contribution in [0, 0.1) is 0 Å². The number of halogens is 2. The standard InChI is InChI=1S/C13H9Cl2N3O2/c14-10-4-3-7(6-11(10)15)16-12(19)17-8-1-2-9(5-8)18(17)13(16)20/h1-4,6,8-9H,5H2. The smallest absolute Gasteiger partial charge is 0.245 e. The van der Waals surface area contributed by atoms with E-state index in [1.807, 2.05) is 12.2 Å². The van der Waals surface area contributed by atoms with Crippen molar-refractivity contribution in [3.8, 4) is 5.69 Å². The Labute approximate surface area is 123 Å². The summed E-state index contributed by atoms with van der Waals surface area (Å²) in [5, 5.41) is 0.699. The van der Waals surface area contributed by atoms with Gasteiger partial charge in [-0.2, -0.15) is 0 Å². The van der Waals surface area contributed by atoms with E-state index in [0.29, 0.717) is 15.7 Å². The summed E-state index contributed by atoms with van der Waals surface area (Å²) in [4.78, 5) is 24.9. The summed E-state index contributed by atoms with van der Waals surface area (Å²) in [6.45, 7) is 0. The second-order valence-electron chi connectivity index (χ2n) is 4.94. The van der Waals surface area contributed by atoms with E-state index in [1.165, 1.54) is 15.4 Å². The largest absolute Gasteiger partial charge is 0.352 e. The highest BCUT2D eigenvalue weighted by Gasteiger charge is 2.37. The third-order valence-corrected chi connectivity index (χ3v) is 4.57. The first-order chi connectivity index (χ1) is 9.58. The van der Waals surface area contributed by atoms with Gasteiger partial charge in [-0.3, -0.25) is 0 Å². The van der Waals surface area contributed by atoms with Crippen LogP contribution in [0.3, 0.4) is 0 Å². The van der Waals surface area contributed by atoms with Crippen LogP contribution < -0.4 is 11.4 Å². The molecular formula is C13H9Cl2N3O2. The lowest BCUT2D eigenvalue weighted by Crippen LogP contribution is -2.28. The van der Waals surface area contributed by atoms with E-state index in [1.54, 1.807) is 12.1 Å². The zero-order valence-electron chi connectivity index (χ0n) is 10.2. The minimum absolute atomic E-state index is 0.0239. The number of rotatable bonds is 1. The molecule has 2 unspecified atom stereocenters. The van der Waals surface area contributed by atoms with E-state index < -0.39 is 0 Å². The Morgan fingerprint density at radius 2 is 1.55 bits per heavy atom. The van der Waals surface area contributed by atoms with Crippen molar-refractivity contribution in [2.75, 3.05) is 0 Å². The normalized spacial score (nSPS) is 22.5. The molecule has 1 aromatic carbocycles. The summed E-state index contributed by atoms with van der Waals surface area (Å²) in [6.07, 6.45) is 4.71. The van der Waals surface area contributed by atoms with E-state index >= 15 is 0 Å². The van der Waals surface area contributed by atoms with Gasteiger partial charge >= 0.3 is 11.4 Å². The zero-order valence-corrected chi connectivity index (χ0v) is 11.7. The molecule has 0 N–H and O–H groups in total. The molecule has 2 atom stereocenters. The Morgan fingerprint density at radius 1 is 0.950 bits per heavy atom. The first-order valence-corrected chi connectivity index (χ1v) is 6.93. The molecule has 2 bridgehead atoms. The molecule has 2 heterocycles. The second-order valence-corrected chi connectivity index (χ2v) is 5.76. The van der Waals surface area contributed by atoms with Gasteiger partial charge < -0.3 is 0 Å². The topological polar surface area (TPSA) is 48.9 Å². The van der Waals surface area contributed by atoms with Crippen molar-refractivity contribution in [2.24, 2.45) is 0 Å². The summed E-state index contributed by atoms with van der Waals surface area (Å²) in [7, 11) is 0. The van der Waals surface area contributed by atoms with Crippen LogP contribution in [0.25, 0.3) is 5.69 Å². The van der Waals surface area contributed by atoms with Crippen molar-refractivity contribution in [3.05, 3.63) is 61.4 Å². The minimum atomic E-state index is -0.342. The lowest BCUT2D eigenvalue weighted by atomic mass is 10.2. The van der Waals surface area contributed by atoms with Gasteiger partial charge in [-0.05, 0) is 24.6 Å². The summed E-state index contributed by atoms with van der Waals surface area (Å²) in [5.74, 6) is 0. The van der Waals surface area contributed by atoms with E-state index in [4.69, 9.17) is 23.2 Å². The van der Waals surface area contributed by atoms with Gasteiger partial charge in [0.2, 0.25) is 0 Å². The highest BCUT2D eigenvalue weighted by Crippen LogP contribution is 2.35. The van der Waals surface area contributed by atoms with Gasteiger partial charge in [0.25, 0.3) is 0 Å². The van der Waals surface area contributed by atoms with Crippen LogP contribution in [0.5, 0.6) is 0 Å². The predicted octanol–water partition coefficient (Wildman–Crippen LogP) is 2.16. The molecule has 1 aliphatic carbocycles. The third kappa shape index (κ3) is 1.39. The van der Waals surface area contributed by atoms with Crippen molar-refractivity contribution < 1.29 is 0 Å². The molecule has 2 aliphatic rings. The Kier molecular flexibility index (Phi) is 2.35. The fraction of sp³-hybridized carbons (Fsp3) is 0.231. The van der Waals surface area contributed by atoms with Crippen LogP contribution in [0.4, 0.5) is 0 Å². The van der Waals surface area contributed by atoms with Gasteiger partial charge in [0.1, 0.15) is 0 Å². The summed E-state index contributed by atoms with van der Waals surface area (Å²) in [6, 6.07) is 4.67. The first-order valence-electron chi connectivity index (χ1n) is 6.18. The fourth-order valence-electron chi connectivity index (χ4n) is 2.94. The average Bonchev–Trinajstić information content (AvgIpc) is 3.08. The molecule has 0 spiro atoms. The highest BCUT2D eigenvalue weighted by atomic mass is 35.5. The van der Waals surface area contributed by atoms with E-state index in [9.17, 15) is 9.59 Å². The molecule has 7 heteroatoms. The fourth-order valence-corrected chi connectivity index (χ4v) is 3.24. The molecule has 20 heavy (non-hydrogen) atoms. The maximum Gasteiger partial charge on any atom is 0.352 e. The van der Waals surface area contributed by atoms with Gasteiger partial charge in [0.15, 0.2) is 0 Å². The van der Waals surface area contributed by atoms with Crippen LogP contribution in [0.2, 0.25) is 10.0 Å². The third-order valence-electron chi connectivity index (χ3n) is 3.83. The highest BCUT2D eigenvalue weighted by molar-refractivity contribution is 6.42. The molecule has 4 rings (SSSR count). The monoisotopic (exact) mass is 309 g/mol. The lowest BCUT2D eigenvalue weighted by Gasteiger charge is -2.07. The quantitative estimate of drug-likeness (QED) is 0.758. The van der Waals surface area contributed by atoms with Gasteiger partial charge in [0.05, 0.1) is 27.8 Å². The molecular weight excluding hydrogens is 301 g/mol. The second kappa shape index (κ2) is 3.90. The lowest BCUT2D eigenvalue weighted by molar-refractivity contribution is 0.505. The van der Waals surface area contributed by atoms with Gasteiger partial charge in [-0.15, -0.1) is 0 Å². The van der Waals surface area contributed by atoms with Crippen molar-refractivity contribution in [1.29, 1.82) is 0 Å². The molecule has 0 saturated heterocycles. The molecule has 1 aliphatic heterocycles. The predicted molar refractivity (Wildman–Crippen MR) is 76.1 cm³/mol. The molecule has 1 aromatic heterocycles. The number of fused-ring (bicyclic) bond motifs is 5. The van der Waals surface area contributed by atoms with Crippen LogP contribution in [0.1, 0.15) is 18.5 Å². The molecule has 2 aromatic rings. The number of nitrogens with zero attached hydrogens (tertiary/aromatic N) is 3. The number of benzene rings is 1. The summed E-state index contributed by atoms with van der Waals surface area (Å²) in [5.41, 5.74) is -0.251. The van der Waals surface area contributed by atoms with Crippen LogP contribution >= 0.6 is 23.2 Å². The Bertz CT molecular complexity index is 831. The number of aromatic nitrogens is 3. The van der Waals surface area contributed by atoms with E-state index in [0.717, 1.165) is 11.0 Å². The molecule has 0 amide bonds. The van der Waals surface area contributed by atoms with Gasteiger partial charge in [-0.25, -0.2) is 23.5 Å². The van der Waals surface area contributed by atoms with Crippen molar-refractivity contribution in [3.63, 3.8) is 0 Å². The maximum atomic E-state index is 12.5. The summed E-state index contributed by atoms with van der Waals surface area (Å²) < 4.78 is 4.15.